The first-order chi connectivity index (χ1) is 8.50. The first kappa shape index (κ1) is 13.5. The third kappa shape index (κ3) is 2.42. The van der Waals surface area contributed by atoms with Crippen molar-refractivity contribution >= 4 is 39.1 Å². The summed E-state index contributed by atoms with van der Waals surface area (Å²) in [4.78, 5) is 23.5. The lowest BCUT2D eigenvalue weighted by atomic mass is 10.2. The van der Waals surface area contributed by atoms with Crippen LogP contribution in [0.25, 0.3) is 0 Å². The molecule has 98 valence electrons. The van der Waals surface area contributed by atoms with Crippen LogP contribution in [0.3, 0.4) is 0 Å². The Kier molecular flexibility index (Phi) is 3.72. The van der Waals surface area contributed by atoms with Gasteiger partial charge in [0.2, 0.25) is 0 Å². The molecular formula is C11H11BrFNO3S. The lowest BCUT2D eigenvalue weighted by molar-refractivity contribution is -0.146. The number of halogens is 2. The van der Waals surface area contributed by atoms with Gasteiger partial charge in [-0.05, 0) is 35.7 Å². The maximum Gasteiger partial charge on any atom is 0.331 e. The monoisotopic (exact) mass is 335 g/mol. The van der Waals surface area contributed by atoms with E-state index in [1.807, 2.05) is 0 Å². The van der Waals surface area contributed by atoms with Gasteiger partial charge in [-0.15, -0.1) is 11.3 Å². The molecule has 0 saturated heterocycles. The van der Waals surface area contributed by atoms with Gasteiger partial charge in [0, 0.05) is 5.38 Å². The van der Waals surface area contributed by atoms with Crippen LogP contribution in [-0.4, -0.2) is 24.0 Å². The fraction of sp³-hybridized carbons (Fsp3) is 0.455. The van der Waals surface area contributed by atoms with Gasteiger partial charge < -0.3 is 10.1 Å². The SMILES string of the molecule is CCOC(=O)C1(NC(=O)c2scc(Br)c2F)CC1. The summed E-state index contributed by atoms with van der Waals surface area (Å²) in [6.45, 7) is 1.96. The van der Waals surface area contributed by atoms with Crippen LogP contribution in [-0.2, 0) is 9.53 Å². The van der Waals surface area contributed by atoms with Gasteiger partial charge in [-0.2, -0.15) is 0 Å². The van der Waals surface area contributed by atoms with Gasteiger partial charge in [0.1, 0.15) is 10.4 Å². The van der Waals surface area contributed by atoms with Gasteiger partial charge in [-0.3, -0.25) is 4.79 Å². The van der Waals surface area contributed by atoms with Gasteiger partial charge in [0.05, 0.1) is 11.1 Å². The van der Waals surface area contributed by atoms with E-state index < -0.39 is 23.2 Å². The number of hydrogen-bond donors (Lipinski definition) is 1. The van der Waals surface area contributed by atoms with E-state index in [4.69, 9.17) is 4.74 Å². The summed E-state index contributed by atoms with van der Waals surface area (Å²) in [5, 5.41) is 4.05. The Morgan fingerprint density at radius 3 is 2.72 bits per heavy atom. The first-order valence-corrected chi connectivity index (χ1v) is 7.09. The first-order valence-electron chi connectivity index (χ1n) is 5.42. The molecule has 0 aliphatic heterocycles. The van der Waals surface area contributed by atoms with E-state index in [0.717, 1.165) is 11.3 Å². The molecule has 4 nitrogen and oxygen atoms in total. The van der Waals surface area contributed by atoms with Crippen LogP contribution in [0.15, 0.2) is 9.85 Å². The van der Waals surface area contributed by atoms with Crippen molar-refractivity contribution < 1.29 is 18.7 Å². The molecule has 0 unspecified atom stereocenters. The summed E-state index contributed by atoms with van der Waals surface area (Å²) in [7, 11) is 0. The molecule has 1 N–H and O–H groups in total. The van der Waals surface area contributed by atoms with E-state index in [1.165, 1.54) is 5.38 Å². The van der Waals surface area contributed by atoms with Crippen LogP contribution in [0.5, 0.6) is 0 Å². The van der Waals surface area contributed by atoms with Crippen molar-refractivity contribution in [2.45, 2.75) is 25.3 Å². The van der Waals surface area contributed by atoms with E-state index in [-0.39, 0.29) is 16.0 Å². The highest BCUT2D eigenvalue weighted by Gasteiger charge is 2.53. The Morgan fingerprint density at radius 1 is 1.61 bits per heavy atom. The molecule has 1 aromatic rings. The molecule has 0 spiro atoms. The Hall–Kier alpha value is -0.950. The van der Waals surface area contributed by atoms with Gasteiger partial charge in [-0.25, -0.2) is 9.18 Å². The molecular weight excluding hydrogens is 325 g/mol. The summed E-state index contributed by atoms with van der Waals surface area (Å²) < 4.78 is 18.7. The zero-order valence-corrected chi connectivity index (χ0v) is 12.0. The maximum absolute atomic E-state index is 13.5. The number of ether oxygens (including phenoxy) is 1. The molecule has 0 radical (unpaired) electrons. The quantitative estimate of drug-likeness (QED) is 0.860. The summed E-state index contributed by atoms with van der Waals surface area (Å²) in [5.74, 6) is -1.62. The highest BCUT2D eigenvalue weighted by molar-refractivity contribution is 9.10. The van der Waals surface area contributed by atoms with Crippen LogP contribution in [0.1, 0.15) is 29.4 Å². The van der Waals surface area contributed by atoms with Gasteiger partial charge >= 0.3 is 5.97 Å². The lowest BCUT2D eigenvalue weighted by Gasteiger charge is -2.15. The number of amides is 1. The van der Waals surface area contributed by atoms with Crippen LogP contribution < -0.4 is 5.32 Å². The highest BCUT2D eigenvalue weighted by atomic mass is 79.9. The molecule has 2 rings (SSSR count). The normalized spacial score (nSPS) is 16.2. The van der Waals surface area contributed by atoms with Gasteiger partial charge in [0.15, 0.2) is 5.82 Å². The number of rotatable bonds is 4. The molecule has 1 aliphatic carbocycles. The molecule has 1 aliphatic rings. The largest absolute Gasteiger partial charge is 0.464 e. The third-order valence-electron chi connectivity index (χ3n) is 2.66. The summed E-state index contributed by atoms with van der Waals surface area (Å²) in [5.41, 5.74) is -0.948. The second-order valence-electron chi connectivity index (χ2n) is 3.98. The fourth-order valence-corrected chi connectivity index (χ4v) is 2.83. The number of hydrogen-bond acceptors (Lipinski definition) is 4. The zero-order valence-electron chi connectivity index (χ0n) is 9.59. The van der Waals surface area contributed by atoms with Gasteiger partial charge in [0.25, 0.3) is 5.91 Å². The standard InChI is InChI=1S/C11H11BrFNO3S/c1-2-17-10(16)11(3-4-11)14-9(15)8-7(13)6(12)5-18-8/h5H,2-4H2,1H3,(H,14,15). The van der Waals surface area contributed by atoms with Crippen molar-refractivity contribution in [3.05, 3.63) is 20.5 Å². The number of nitrogens with one attached hydrogen (secondary N) is 1. The predicted octanol–water partition coefficient (Wildman–Crippen LogP) is 2.48. The summed E-state index contributed by atoms with van der Waals surface area (Å²) >= 11 is 3.99. The smallest absolute Gasteiger partial charge is 0.331 e. The zero-order chi connectivity index (χ0) is 13.3. The number of carbonyl (C=O) groups is 2. The van der Waals surface area contributed by atoms with Gasteiger partial charge in [-0.1, -0.05) is 0 Å². The van der Waals surface area contributed by atoms with Crippen molar-refractivity contribution in [1.29, 1.82) is 0 Å². The number of thiophene rings is 1. The van der Waals surface area contributed by atoms with E-state index in [9.17, 15) is 14.0 Å². The average Bonchev–Trinajstić information content (AvgIpc) is 3.02. The summed E-state index contributed by atoms with van der Waals surface area (Å²) in [6, 6.07) is 0. The summed E-state index contributed by atoms with van der Waals surface area (Å²) in [6.07, 6.45) is 1.07. The molecule has 0 atom stereocenters. The molecule has 1 aromatic heterocycles. The van der Waals surface area contributed by atoms with Crippen LogP contribution in [0, 0.1) is 5.82 Å². The fourth-order valence-electron chi connectivity index (χ4n) is 1.52. The number of carbonyl (C=O) groups excluding carboxylic acids is 2. The van der Waals surface area contributed by atoms with Crippen molar-refractivity contribution in [3.63, 3.8) is 0 Å². The molecule has 0 aromatic carbocycles. The highest BCUT2D eigenvalue weighted by Crippen LogP contribution is 2.37. The van der Waals surface area contributed by atoms with Crippen LogP contribution in [0.2, 0.25) is 0 Å². The topological polar surface area (TPSA) is 55.4 Å². The minimum Gasteiger partial charge on any atom is -0.464 e. The van der Waals surface area contributed by atoms with E-state index in [2.05, 4.69) is 21.2 Å². The molecule has 18 heavy (non-hydrogen) atoms. The minimum atomic E-state index is -0.948. The van der Waals surface area contributed by atoms with E-state index >= 15 is 0 Å². The molecule has 1 heterocycles. The second kappa shape index (κ2) is 4.97. The lowest BCUT2D eigenvalue weighted by Crippen LogP contribution is -2.44. The number of esters is 1. The second-order valence-corrected chi connectivity index (χ2v) is 5.72. The van der Waals surface area contributed by atoms with E-state index in [1.54, 1.807) is 6.92 Å². The molecule has 1 saturated carbocycles. The predicted molar refractivity (Wildman–Crippen MR) is 68.0 cm³/mol. The Balaban J connectivity index is 2.08. The van der Waals surface area contributed by atoms with Crippen molar-refractivity contribution in [3.8, 4) is 0 Å². The Labute approximate surface area is 116 Å². The average molecular weight is 336 g/mol. The molecule has 7 heteroatoms. The van der Waals surface area contributed by atoms with Crippen LogP contribution >= 0.6 is 27.3 Å². The molecule has 1 fully saturated rings. The Morgan fingerprint density at radius 2 is 2.28 bits per heavy atom. The van der Waals surface area contributed by atoms with Crippen molar-refractivity contribution in [2.75, 3.05) is 6.61 Å². The maximum atomic E-state index is 13.5. The van der Waals surface area contributed by atoms with Crippen molar-refractivity contribution in [2.24, 2.45) is 0 Å². The minimum absolute atomic E-state index is 0.0301. The van der Waals surface area contributed by atoms with Crippen LogP contribution in [0.4, 0.5) is 4.39 Å². The molecule has 1 amide bonds. The van der Waals surface area contributed by atoms with E-state index in [0.29, 0.717) is 12.8 Å². The van der Waals surface area contributed by atoms with Crippen molar-refractivity contribution in [1.82, 2.24) is 5.32 Å². The third-order valence-corrected chi connectivity index (χ3v) is 4.50. The molecule has 0 bridgehead atoms. The Bertz CT molecular complexity index is 498.